The van der Waals surface area contributed by atoms with Crippen LogP contribution in [-0.2, 0) is 16.9 Å². The third-order valence-corrected chi connectivity index (χ3v) is 4.81. The van der Waals surface area contributed by atoms with E-state index in [4.69, 9.17) is 15.5 Å². The zero-order valence-corrected chi connectivity index (χ0v) is 11.8. The number of rotatable bonds is 6. The summed E-state index contributed by atoms with van der Waals surface area (Å²) in [6.07, 6.45) is 3.49. The summed E-state index contributed by atoms with van der Waals surface area (Å²) < 4.78 is 5.88. The van der Waals surface area contributed by atoms with Crippen molar-refractivity contribution in [2.24, 2.45) is 5.73 Å². The van der Waals surface area contributed by atoms with Gasteiger partial charge in [0.05, 0.1) is 5.69 Å². The molecule has 0 spiro atoms. The molecule has 0 amide bonds. The van der Waals surface area contributed by atoms with Crippen molar-refractivity contribution >= 4 is 11.3 Å². The summed E-state index contributed by atoms with van der Waals surface area (Å²) >= 11 is 1.74. The van der Waals surface area contributed by atoms with E-state index in [1.165, 1.54) is 23.4 Å². The van der Waals surface area contributed by atoms with E-state index >= 15 is 0 Å². The number of ether oxygens (including phenoxy) is 1. The molecule has 2 N–H and O–H groups in total. The second-order valence-corrected chi connectivity index (χ2v) is 5.91. The summed E-state index contributed by atoms with van der Waals surface area (Å²) in [6.45, 7) is 7.64. The number of aromatic nitrogens is 1. The lowest BCUT2D eigenvalue weighted by Gasteiger charge is -2.25. The highest BCUT2D eigenvalue weighted by Crippen LogP contribution is 2.44. The van der Waals surface area contributed by atoms with Crippen LogP contribution in [0.2, 0.25) is 0 Å². The zero-order chi connectivity index (χ0) is 12.5. The quantitative estimate of drug-likeness (QED) is 0.848. The first kappa shape index (κ1) is 13.0. The lowest BCUT2D eigenvalue weighted by Crippen LogP contribution is -2.24. The van der Waals surface area contributed by atoms with E-state index in [1.807, 2.05) is 6.92 Å². The van der Waals surface area contributed by atoms with Crippen LogP contribution in [0.25, 0.3) is 0 Å². The minimum atomic E-state index is -0.240. The molecule has 4 heteroatoms. The Kier molecular flexibility index (Phi) is 3.85. The number of thiazole rings is 1. The summed E-state index contributed by atoms with van der Waals surface area (Å²) in [5.74, 6) is 0.668. The van der Waals surface area contributed by atoms with Gasteiger partial charge in [-0.05, 0) is 33.1 Å². The first-order valence-corrected chi connectivity index (χ1v) is 7.30. The van der Waals surface area contributed by atoms with Gasteiger partial charge in [-0.25, -0.2) is 4.98 Å². The van der Waals surface area contributed by atoms with Gasteiger partial charge in [0.1, 0.15) is 10.6 Å². The van der Waals surface area contributed by atoms with Crippen LogP contribution >= 0.6 is 11.3 Å². The molecule has 1 unspecified atom stereocenters. The standard InChI is InChI=1S/C13H22N2OS/c1-4-13(3,16-5-2)12-15-11(9-6-7-9)10(8-14)17-12/h9H,4-8,14H2,1-3H3. The van der Waals surface area contributed by atoms with Crippen molar-refractivity contribution in [2.45, 2.75) is 58.1 Å². The van der Waals surface area contributed by atoms with Crippen LogP contribution < -0.4 is 5.73 Å². The molecule has 1 aromatic rings. The molecule has 0 bridgehead atoms. The molecule has 1 fully saturated rings. The molecular weight excluding hydrogens is 232 g/mol. The van der Waals surface area contributed by atoms with Gasteiger partial charge in [0.25, 0.3) is 0 Å². The minimum Gasteiger partial charge on any atom is -0.368 e. The van der Waals surface area contributed by atoms with Gasteiger partial charge in [-0.1, -0.05) is 6.92 Å². The lowest BCUT2D eigenvalue weighted by molar-refractivity contribution is -0.0325. The summed E-state index contributed by atoms with van der Waals surface area (Å²) in [7, 11) is 0. The second kappa shape index (κ2) is 5.04. The van der Waals surface area contributed by atoms with E-state index in [-0.39, 0.29) is 5.60 Å². The van der Waals surface area contributed by atoms with Gasteiger partial charge in [-0.15, -0.1) is 11.3 Å². The lowest BCUT2D eigenvalue weighted by atomic mass is 10.0. The Morgan fingerprint density at radius 1 is 1.47 bits per heavy atom. The molecule has 0 saturated heterocycles. The first-order chi connectivity index (χ1) is 8.14. The average molecular weight is 254 g/mol. The average Bonchev–Trinajstić information content (AvgIpc) is 3.08. The highest BCUT2D eigenvalue weighted by molar-refractivity contribution is 7.11. The third-order valence-electron chi connectivity index (χ3n) is 3.47. The fraction of sp³-hybridized carbons (Fsp3) is 0.769. The summed E-state index contributed by atoms with van der Waals surface area (Å²) in [4.78, 5) is 6.07. The maximum absolute atomic E-state index is 5.88. The highest BCUT2D eigenvalue weighted by atomic mass is 32.1. The van der Waals surface area contributed by atoms with Gasteiger partial charge in [0.2, 0.25) is 0 Å². The van der Waals surface area contributed by atoms with Gasteiger partial charge in [-0.3, -0.25) is 0 Å². The largest absolute Gasteiger partial charge is 0.368 e. The Labute approximate surface area is 107 Å². The molecular formula is C13H22N2OS. The maximum atomic E-state index is 5.88. The molecule has 2 rings (SSSR count). The Hall–Kier alpha value is -0.450. The fourth-order valence-corrected chi connectivity index (χ4v) is 3.24. The topological polar surface area (TPSA) is 48.1 Å². The van der Waals surface area contributed by atoms with Gasteiger partial charge in [0, 0.05) is 23.9 Å². The van der Waals surface area contributed by atoms with Crippen LogP contribution in [0.4, 0.5) is 0 Å². The normalized spacial score (nSPS) is 19.3. The molecule has 3 nitrogen and oxygen atoms in total. The molecule has 1 aliphatic rings. The van der Waals surface area contributed by atoms with Crippen LogP contribution in [-0.4, -0.2) is 11.6 Å². The van der Waals surface area contributed by atoms with Crippen molar-refractivity contribution in [3.8, 4) is 0 Å². The second-order valence-electron chi connectivity index (χ2n) is 4.82. The van der Waals surface area contributed by atoms with Crippen LogP contribution in [0.1, 0.15) is 61.5 Å². The SMILES string of the molecule is CCOC(C)(CC)c1nc(C2CC2)c(CN)s1. The Morgan fingerprint density at radius 3 is 2.65 bits per heavy atom. The number of hydrogen-bond acceptors (Lipinski definition) is 4. The van der Waals surface area contributed by atoms with E-state index in [1.54, 1.807) is 11.3 Å². The summed E-state index contributed by atoms with van der Waals surface area (Å²) in [6, 6.07) is 0. The molecule has 1 atom stereocenters. The predicted octanol–water partition coefficient (Wildman–Crippen LogP) is 3.14. The van der Waals surface area contributed by atoms with Crippen LogP contribution in [0.15, 0.2) is 0 Å². The monoisotopic (exact) mass is 254 g/mol. The minimum absolute atomic E-state index is 0.240. The maximum Gasteiger partial charge on any atom is 0.125 e. The highest BCUT2D eigenvalue weighted by Gasteiger charge is 2.34. The van der Waals surface area contributed by atoms with E-state index in [0.717, 1.165) is 18.0 Å². The van der Waals surface area contributed by atoms with Crippen molar-refractivity contribution in [3.63, 3.8) is 0 Å². The first-order valence-electron chi connectivity index (χ1n) is 6.48. The predicted molar refractivity (Wildman–Crippen MR) is 71.2 cm³/mol. The smallest absolute Gasteiger partial charge is 0.125 e. The Bertz CT molecular complexity index is 387. The van der Waals surface area contributed by atoms with E-state index in [0.29, 0.717) is 12.5 Å². The number of hydrogen-bond donors (Lipinski definition) is 1. The molecule has 1 aliphatic carbocycles. The number of nitrogens with two attached hydrogens (primary N) is 1. The van der Waals surface area contributed by atoms with Crippen LogP contribution in [0, 0.1) is 0 Å². The van der Waals surface area contributed by atoms with Crippen molar-refractivity contribution in [3.05, 3.63) is 15.6 Å². The van der Waals surface area contributed by atoms with Gasteiger partial charge < -0.3 is 10.5 Å². The molecule has 0 aliphatic heterocycles. The zero-order valence-electron chi connectivity index (χ0n) is 11.0. The third kappa shape index (κ3) is 2.54. The van der Waals surface area contributed by atoms with Crippen molar-refractivity contribution in [2.75, 3.05) is 6.61 Å². The molecule has 1 aromatic heterocycles. The van der Waals surface area contributed by atoms with Gasteiger partial charge in [-0.2, -0.15) is 0 Å². The van der Waals surface area contributed by atoms with Crippen molar-refractivity contribution < 1.29 is 4.74 Å². The molecule has 17 heavy (non-hydrogen) atoms. The molecule has 0 radical (unpaired) electrons. The van der Waals surface area contributed by atoms with E-state index in [2.05, 4.69) is 13.8 Å². The molecule has 1 heterocycles. The van der Waals surface area contributed by atoms with E-state index < -0.39 is 0 Å². The summed E-state index contributed by atoms with van der Waals surface area (Å²) in [5, 5.41) is 1.10. The van der Waals surface area contributed by atoms with Gasteiger partial charge >= 0.3 is 0 Å². The van der Waals surface area contributed by atoms with Crippen molar-refractivity contribution in [1.29, 1.82) is 0 Å². The van der Waals surface area contributed by atoms with E-state index in [9.17, 15) is 0 Å². The van der Waals surface area contributed by atoms with Gasteiger partial charge in [0.15, 0.2) is 0 Å². The summed E-state index contributed by atoms with van der Waals surface area (Å²) in [5.41, 5.74) is 6.82. The Balaban J connectivity index is 2.30. The number of nitrogens with zero attached hydrogens (tertiary/aromatic N) is 1. The molecule has 1 saturated carbocycles. The Morgan fingerprint density at radius 2 is 2.18 bits per heavy atom. The fourth-order valence-electron chi connectivity index (χ4n) is 2.05. The van der Waals surface area contributed by atoms with Crippen LogP contribution in [0.5, 0.6) is 0 Å². The molecule has 96 valence electrons. The van der Waals surface area contributed by atoms with Crippen LogP contribution in [0.3, 0.4) is 0 Å². The van der Waals surface area contributed by atoms with Crippen molar-refractivity contribution in [1.82, 2.24) is 4.98 Å². The molecule has 0 aromatic carbocycles.